The lowest BCUT2D eigenvalue weighted by Crippen LogP contribution is -2.29. The largest absolute Gasteiger partial charge is 0.449 e. The highest BCUT2D eigenvalue weighted by Gasteiger charge is 2.29. The molecule has 0 bridgehead atoms. The van der Waals surface area contributed by atoms with E-state index in [0.717, 1.165) is 5.56 Å². The van der Waals surface area contributed by atoms with Gasteiger partial charge in [-0.15, -0.1) is 0 Å². The minimum absolute atomic E-state index is 0.0293. The Hall–Kier alpha value is -3.48. The summed E-state index contributed by atoms with van der Waals surface area (Å²) in [5.41, 5.74) is 5.72. The summed E-state index contributed by atoms with van der Waals surface area (Å²) in [6, 6.07) is 22.9. The Bertz CT molecular complexity index is 1560. The van der Waals surface area contributed by atoms with Crippen molar-refractivity contribution in [2.24, 2.45) is 0 Å². The maximum atomic E-state index is 12.2. The molecule has 0 aromatic heterocycles. The highest BCUT2D eigenvalue weighted by Crippen LogP contribution is 2.44. The van der Waals surface area contributed by atoms with E-state index >= 15 is 0 Å². The number of hydrogen-bond donors (Lipinski definition) is 1. The van der Waals surface area contributed by atoms with Crippen LogP contribution in [0.5, 0.6) is 0 Å². The van der Waals surface area contributed by atoms with E-state index in [1.54, 1.807) is 12.1 Å². The lowest BCUT2D eigenvalue weighted by molar-refractivity contribution is -0.0235. The lowest BCUT2D eigenvalue weighted by Gasteiger charge is -2.14. The molecule has 1 aliphatic rings. The first-order chi connectivity index (χ1) is 27.0. The molecule has 0 heterocycles. The van der Waals surface area contributed by atoms with Gasteiger partial charge in [0.05, 0.1) is 117 Å². The molecule has 3 aromatic rings. The zero-order valence-corrected chi connectivity index (χ0v) is 32.5. The summed E-state index contributed by atoms with van der Waals surface area (Å²) in [7, 11) is -3.78. The van der Waals surface area contributed by atoms with Crippen LogP contribution in [0.25, 0.3) is 11.1 Å². The van der Waals surface area contributed by atoms with Crippen molar-refractivity contribution in [2.75, 3.05) is 125 Å². The summed E-state index contributed by atoms with van der Waals surface area (Å²) in [5, 5.41) is 2.74. The number of hydrogen-bond acceptors (Lipinski definition) is 13. The Morgan fingerprint density at radius 1 is 0.527 bits per heavy atom. The Kier molecular flexibility index (Phi) is 21.2. The van der Waals surface area contributed by atoms with Gasteiger partial charge in [-0.3, -0.25) is 4.18 Å². The third kappa shape index (κ3) is 17.0. The van der Waals surface area contributed by atoms with Crippen molar-refractivity contribution in [1.29, 1.82) is 0 Å². The van der Waals surface area contributed by atoms with Crippen molar-refractivity contribution in [3.8, 4) is 11.1 Å². The minimum Gasteiger partial charge on any atom is -0.449 e. The van der Waals surface area contributed by atoms with Gasteiger partial charge in [0.15, 0.2) is 0 Å². The molecule has 0 saturated heterocycles. The summed E-state index contributed by atoms with van der Waals surface area (Å²) in [4.78, 5) is 12.4. The number of carbonyl (C=O) groups is 1. The molecule has 15 heteroatoms. The second-order valence-corrected chi connectivity index (χ2v) is 13.9. The van der Waals surface area contributed by atoms with Crippen molar-refractivity contribution in [2.45, 2.75) is 17.7 Å². The Labute approximate surface area is 324 Å². The number of rotatable bonds is 31. The van der Waals surface area contributed by atoms with Gasteiger partial charge in [-0.05, 0) is 41.3 Å². The van der Waals surface area contributed by atoms with Gasteiger partial charge >= 0.3 is 6.09 Å². The van der Waals surface area contributed by atoms with Gasteiger partial charge in [-0.1, -0.05) is 66.2 Å². The van der Waals surface area contributed by atoms with Gasteiger partial charge in [0, 0.05) is 12.5 Å². The monoisotopic (exact) mass is 789 g/mol. The number of benzene rings is 3. The number of ether oxygens (including phenoxy) is 9. The van der Waals surface area contributed by atoms with Crippen molar-refractivity contribution in [3.05, 3.63) is 89.5 Å². The average molecular weight is 790 g/mol. The maximum absolute atomic E-state index is 12.2. The van der Waals surface area contributed by atoms with Crippen LogP contribution in [0.4, 0.5) is 4.79 Å². The third-order valence-electron chi connectivity index (χ3n) is 8.24. The van der Waals surface area contributed by atoms with E-state index in [4.69, 9.17) is 46.8 Å². The molecule has 0 fully saturated rings. The maximum Gasteiger partial charge on any atom is 0.407 e. The molecule has 0 saturated carbocycles. The molecule has 0 unspecified atom stereocenters. The molecule has 0 spiro atoms. The predicted molar refractivity (Wildman–Crippen MR) is 204 cm³/mol. The van der Waals surface area contributed by atoms with Crippen LogP contribution in [0.1, 0.15) is 22.6 Å². The zero-order valence-electron chi connectivity index (χ0n) is 31.7. The van der Waals surface area contributed by atoms with Crippen molar-refractivity contribution < 1.29 is 60.0 Å². The highest BCUT2D eigenvalue weighted by molar-refractivity contribution is 7.86. The predicted octanol–water partition coefficient (Wildman–Crippen LogP) is 4.37. The van der Waals surface area contributed by atoms with Gasteiger partial charge in [-0.2, -0.15) is 8.42 Å². The lowest BCUT2D eigenvalue weighted by atomic mass is 9.98. The first kappa shape index (κ1) is 44.2. The first-order valence-electron chi connectivity index (χ1n) is 18.6. The smallest absolute Gasteiger partial charge is 0.407 e. The van der Waals surface area contributed by atoms with Crippen LogP contribution in [0.15, 0.2) is 77.7 Å². The van der Waals surface area contributed by atoms with Crippen LogP contribution in [0.3, 0.4) is 0 Å². The highest BCUT2D eigenvalue weighted by atomic mass is 32.2. The number of aryl methyl sites for hydroxylation is 1. The number of nitrogens with one attached hydrogen (secondary N) is 1. The van der Waals surface area contributed by atoms with Crippen molar-refractivity contribution >= 4 is 16.2 Å². The molecule has 0 atom stereocenters. The number of alkyl carbamates (subject to hydrolysis) is 1. The van der Waals surface area contributed by atoms with Gasteiger partial charge in [0.25, 0.3) is 10.1 Å². The standard InChI is InChI=1S/C40H55NO13S/c1-33-10-12-34(13-11-33)55(43,44)54-31-30-52-29-28-51-27-26-50-25-24-49-23-22-48-21-20-47-19-18-46-17-16-45-15-14-41-40(42)53-32-39-37-8-4-2-6-35(37)36-7-3-5-9-38(36)39/h2-13,39H,14-32H2,1H3,(H,41,42). The summed E-state index contributed by atoms with van der Waals surface area (Å²) in [6.07, 6.45) is -0.461. The molecule has 1 aliphatic carbocycles. The topological polar surface area (TPSA) is 156 Å². The van der Waals surface area contributed by atoms with Gasteiger partial charge in [0.2, 0.25) is 0 Å². The van der Waals surface area contributed by atoms with Crippen LogP contribution in [0, 0.1) is 6.92 Å². The van der Waals surface area contributed by atoms with E-state index in [1.165, 1.54) is 34.4 Å². The fraction of sp³-hybridized carbons (Fsp3) is 0.525. The van der Waals surface area contributed by atoms with Crippen molar-refractivity contribution in [1.82, 2.24) is 5.32 Å². The van der Waals surface area contributed by atoms with Gasteiger partial charge in [0.1, 0.15) is 6.61 Å². The molecule has 0 aliphatic heterocycles. The third-order valence-corrected chi connectivity index (χ3v) is 9.57. The second kappa shape index (κ2) is 26.4. The summed E-state index contributed by atoms with van der Waals surface area (Å²) < 4.78 is 78.4. The first-order valence-corrected chi connectivity index (χ1v) is 20.0. The van der Waals surface area contributed by atoms with Crippen LogP contribution < -0.4 is 5.32 Å². The van der Waals surface area contributed by atoms with Gasteiger partial charge in [-0.25, -0.2) is 4.79 Å². The van der Waals surface area contributed by atoms with Crippen LogP contribution in [-0.4, -0.2) is 140 Å². The zero-order chi connectivity index (χ0) is 38.8. The molecule has 4 rings (SSSR count). The summed E-state index contributed by atoms with van der Waals surface area (Å²) in [5.74, 6) is 0.0293. The van der Waals surface area contributed by atoms with E-state index in [0.29, 0.717) is 106 Å². The Morgan fingerprint density at radius 3 is 1.35 bits per heavy atom. The number of amides is 1. The molecular formula is C40H55NO13S. The Morgan fingerprint density at radius 2 is 0.909 bits per heavy atom. The van der Waals surface area contributed by atoms with Gasteiger partial charge < -0.3 is 47.9 Å². The molecule has 1 amide bonds. The molecule has 0 radical (unpaired) electrons. The molecule has 14 nitrogen and oxygen atoms in total. The van der Waals surface area contributed by atoms with E-state index in [2.05, 4.69) is 29.6 Å². The summed E-state index contributed by atoms with van der Waals surface area (Å²) in [6.45, 7) is 8.93. The number of fused-ring (bicyclic) bond motifs is 3. The average Bonchev–Trinajstić information content (AvgIpc) is 3.51. The fourth-order valence-corrected chi connectivity index (χ4v) is 6.38. The minimum atomic E-state index is -3.78. The van der Waals surface area contributed by atoms with E-state index in [9.17, 15) is 13.2 Å². The molecule has 3 aromatic carbocycles. The molecule has 1 N–H and O–H groups in total. The second-order valence-electron chi connectivity index (χ2n) is 12.2. The van der Waals surface area contributed by atoms with Crippen LogP contribution in [-0.2, 0) is 56.9 Å². The van der Waals surface area contributed by atoms with Crippen LogP contribution in [0.2, 0.25) is 0 Å². The Balaban J connectivity index is 0.813. The molecular weight excluding hydrogens is 735 g/mol. The fourth-order valence-electron chi connectivity index (χ4n) is 5.49. The normalized spacial score (nSPS) is 12.5. The van der Waals surface area contributed by atoms with Crippen LogP contribution >= 0.6 is 0 Å². The van der Waals surface area contributed by atoms with E-state index < -0.39 is 16.2 Å². The SMILES string of the molecule is Cc1ccc(S(=O)(=O)OCCOCCOCCOCCOCCOCCOCCOCCOCCNC(=O)OCC2c3ccccc3-c3ccccc32)cc1. The summed E-state index contributed by atoms with van der Waals surface area (Å²) >= 11 is 0. The van der Waals surface area contributed by atoms with E-state index in [1.807, 2.05) is 31.2 Å². The quantitative estimate of drug-likeness (QED) is 0.0726. The van der Waals surface area contributed by atoms with Crippen molar-refractivity contribution in [3.63, 3.8) is 0 Å². The molecule has 304 valence electrons. The number of carbonyl (C=O) groups excluding carboxylic acids is 1. The molecule has 55 heavy (non-hydrogen) atoms. The van der Waals surface area contributed by atoms with E-state index in [-0.39, 0.29) is 30.6 Å².